The third-order valence-corrected chi connectivity index (χ3v) is 6.98. The number of rotatable bonds is 6. The molecule has 3 rings (SSSR count). The fraction of sp³-hybridized carbons (Fsp3) is 0.583. The molecule has 0 saturated carbocycles. The van der Waals surface area contributed by atoms with Crippen LogP contribution in [-0.4, -0.2) is 112 Å². The summed E-state index contributed by atoms with van der Waals surface area (Å²) in [6, 6.07) is 0. The van der Waals surface area contributed by atoms with E-state index in [0.717, 1.165) is 64.0 Å². The zero-order valence-corrected chi connectivity index (χ0v) is 22.8. The Kier molecular flexibility index (Phi) is 14.7. The molecule has 1 amide bonds. The second-order valence-corrected chi connectivity index (χ2v) is 9.76. The van der Waals surface area contributed by atoms with Crippen LogP contribution < -0.4 is 5.32 Å². The fourth-order valence-electron chi connectivity index (χ4n) is 3.77. The van der Waals surface area contributed by atoms with Crippen molar-refractivity contribution >= 4 is 52.1 Å². The number of amides is 1. The first-order valence-electron chi connectivity index (χ1n) is 12.3. The Labute approximate surface area is 229 Å². The van der Waals surface area contributed by atoms with Crippen molar-refractivity contribution in [3.63, 3.8) is 0 Å². The standard InChI is InChI=1S/C20H31N3O3S.2C2H2O4/c1-3-26-20(25)18-15-7-5-4-6-8-16(15)27-19(18)21-17(24)9-10-23-13-11-22(2)12-14-23;2*3-1(4)2(5)6/h3-14H2,1-2H3,(H,21,24);2*(H,3,4)(H,5,6). The number of carboxylic acids is 4. The van der Waals surface area contributed by atoms with Gasteiger partial charge >= 0.3 is 29.8 Å². The second-order valence-electron chi connectivity index (χ2n) is 8.65. The molecule has 1 saturated heterocycles. The number of aliphatic carboxylic acids is 4. The number of anilines is 1. The molecule has 218 valence electrons. The van der Waals surface area contributed by atoms with Crippen LogP contribution in [0, 0.1) is 0 Å². The van der Waals surface area contributed by atoms with E-state index in [1.54, 1.807) is 11.3 Å². The third kappa shape index (κ3) is 12.2. The van der Waals surface area contributed by atoms with Gasteiger partial charge in [0.2, 0.25) is 5.91 Å². The number of likely N-dealkylation sites (N-methyl/N-ethyl adjacent to an activating group) is 1. The number of esters is 1. The molecule has 1 aliphatic carbocycles. The number of fused-ring (bicyclic) bond motifs is 1. The first-order valence-corrected chi connectivity index (χ1v) is 13.1. The molecule has 0 radical (unpaired) electrons. The minimum Gasteiger partial charge on any atom is -0.473 e. The summed E-state index contributed by atoms with van der Waals surface area (Å²) in [5, 5.41) is 33.3. The van der Waals surface area contributed by atoms with E-state index in [1.165, 1.54) is 11.3 Å². The molecule has 0 unspecified atom stereocenters. The van der Waals surface area contributed by atoms with E-state index in [0.29, 0.717) is 23.6 Å². The summed E-state index contributed by atoms with van der Waals surface area (Å²) in [6.45, 7) is 7.03. The number of nitrogens with one attached hydrogen (secondary N) is 1. The highest BCUT2D eigenvalue weighted by Crippen LogP contribution is 2.38. The zero-order valence-electron chi connectivity index (χ0n) is 21.9. The lowest BCUT2D eigenvalue weighted by Gasteiger charge is -2.32. The van der Waals surface area contributed by atoms with Crippen LogP contribution in [0.15, 0.2) is 0 Å². The van der Waals surface area contributed by atoms with Crippen LogP contribution in [0.5, 0.6) is 0 Å². The van der Waals surface area contributed by atoms with Gasteiger partial charge in [-0.05, 0) is 45.2 Å². The number of carbonyl (C=O) groups excluding carboxylic acids is 2. The summed E-state index contributed by atoms with van der Waals surface area (Å²) in [4.78, 5) is 67.4. The van der Waals surface area contributed by atoms with Crippen LogP contribution in [-0.2, 0) is 41.6 Å². The molecule has 0 atom stereocenters. The van der Waals surface area contributed by atoms with Crippen molar-refractivity contribution in [2.24, 2.45) is 0 Å². The Hall–Kier alpha value is -3.56. The summed E-state index contributed by atoms with van der Waals surface area (Å²) in [5.41, 5.74) is 1.71. The summed E-state index contributed by atoms with van der Waals surface area (Å²) in [5.74, 6) is -7.61. The molecule has 0 aromatic carbocycles. The maximum absolute atomic E-state index is 12.5. The topological polar surface area (TPSA) is 211 Å². The van der Waals surface area contributed by atoms with Crippen molar-refractivity contribution in [3.05, 3.63) is 16.0 Å². The van der Waals surface area contributed by atoms with Crippen molar-refractivity contribution in [1.29, 1.82) is 0 Å². The third-order valence-electron chi connectivity index (χ3n) is 5.77. The van der Waals surface area contributed by atoms with Crippen LogP contribution in [0.4, 0.5) is 5.00 Å². The summed E-state index contributed by atoms with van der Waals surface area (Å²) >= 11 is 1.57. The lowest BCUT2D eigenvalue weighted by atomic mass is 10.1. The fourth-order valence-corrected chi connectivity index (χ4v) is 5.06. The van der Waals surface area contributed by atoms with Gasteiger partial charge in [-0.25, -0.2) is 24.0 Å². The average molecular weight is 574 g/mol. The van der Waals surface area contributed by atoms with Gasteiger partial charge in [-0.2, -0.15) is 0 Å². The Morgan fingerprint density at radius 3 is 1.90 bits per heavy atom. The number of nitrogens with zero attached hydrogens (tertiary/aromatic N) is 2. The van der Waals surface area contributed by atoms with E-state index in [2.05, 4.69) is 22.2 Å². The van der Waals surface area contributed by atoms with Gasteiger partial charge in [0, 0.05) is 44.0 Å². The monoisotopic (exact) mass is 573 g/mol. The maximum atomic E-state index is 12.5. The van der Waals surface area contributed by atoms with Crippen molar-refractivity contribution in [2.75, 3.05) is 51.7 Å². The molecule has 2 aliphatic rings. The largest absolute Gasteiger partial charge is 0.473 e. The smallest absolute Gasteiger partial charge is 0.414 e. The van der Waals surface area contributed by atoms with E-state index in [4.69, 9.17) is 44.3 Å². The highest BCUT2D eigenvalue weighted by Gasteiger charge is 2.26. The van der Waals surface area contributed by atoms with E-state index >= 15 is 0 Å². The Morgan fingerprint density at radius 2 is 1.38 bits per heavy atom. The lowest BCUT2D eigenvalue weighted by molar-refractivity contribution is -0.159. The van der Waals surface area contributed by atoms with Crippen molar-refractivity contribution in [1.82, 2.24) is 9.80 Å². The molecule has 1 aliphatic heterocycles. The average Bonchev–Trinajstić information content (AvgIpc) is 3.04. The van der Waals surface area contributed by atoms with E-state index in [9.17, 15) is 9.59 Å². The Bertz CT molecular complexity index is 985. The second kappa shape index (κ2) is 17.1. The number of carbonyl (C=O) groups is 6. The minimum atomic E-state index is -1.82. The van der Waals surface area contributed by atoms with Crippen LogP contribution in [0.25, 0.3) is 0 Å². The SMILES string of the molecule is CCOC(=O)c1c(NC(=O)CCN2CCN(C)CC2)sc2c1CCCCC2.O=C(O)C(=O)O.O=C(O)C(=O)O. The van der Waals surface area contributed by atoms with Crippen LogP contribution in [0.3, 0.4) is 0 Å². The van der Waals surface area contributed by atoms with Crippen LogP contribution >= 0.6 is 11.3 Å². The molecule has 0 bridgehead atoms. The molecule has 39 heavy (non-hydrogen) atoms. The van der Waals surface area contributed by atoms with Gasteiger partial charge < -0.3 is 40.3 Å². The zero-order chi connectivity index (χ0) is 29.5. The maximum Gasteiger partial charge on any atom is 0.414 e. The predicted octanol–water partition coefficient (Wildman–Crippen LogP) is 1.08. The molecular weight excluding hydrogens is 538 g/mol. The summed E-state index contributed by atoms with van der Waals surface area (Å²) < 4.78 is 5.28. The van der Waals surface area contributed by atoms with E-state index in [-0.39, 0.29) is 11.9 Å². The van der Waals surface area contributed by atoms with Crippen LogP contribution in [0.1, 0.15) is 53.4 Å². The van der Waals surface area contributed by atoms with Gasteiger partial charge in [0.15, 0.2) is 0 Å². The van der Waals surface area contributed by atoms with Crippen molar-refractivity contribution in [2.45, 2.75) is 45.4 Å². The number of hydrogen-bond donors (Lipinski definition) is 5. The molecule has 0 spiro atoms. The van der Waals surface area contributed by atoms with Gasteiger partial charge in [0.25, 0.3) is 0 Å². The summed E-state index contributed by atoms with van der Waals surface area (Å²) in [7, 11) is 2.13. The minimum absolute atomic E-state index is 0.0177. The van der Waals surface area contributed by atoms with Gasteiger partial charge in [-0.3, -0.25) is 4.79 Å². The molecule has 2 heterocycles. The summed E-state index contributed by atoms with van der Waals surface area (Å²) in [6.07, 6.45) is 5.77. The quantitative estimate of drug-likeness (QED) is 0.183. The van der Waals surface area contributed by atoms with Crippen molar-refractivity contribution < 1.29 is 53.9 Å². The van der Waals surface area contributed by atoms with E-state index in [1.807, 2.05) is 6.92 Å². The molecular formula is C24H35N3O11S. The number of carboxylic acid groups (broad SMARTS) is 4. The van der Waals surface area contributed by atoms with Crippen molar-refractivity contribution in [3.8, 4) is 0 Å². The Morgan fingerprint density at radius 1 is 0.846 bits per heavy atom. The van der Waals surface area contributed by atoms with Crippen LogP contribution in [0.2, 0.25) is 0 Å². The molecule has 14 nitrogen and oxygen atoms in total. The predicted molar refractivity (Wildman–Crippen MR) is 139 cm³/mol. The normalized spacial score (nSPS) is 15.1. The first kappa shape index (κ1) is 33.5. The number of piperazine rings is 1. The molecule has 1 aromatic heterocycles. The number of hydrogen-bond acceptors (Lipinski definition) is 10. The van der Waals surface area contributed by atoms with Gasteiger partial charge in [-0.1, -0.05) is 6.42 Å². The highest BCUT2D eigenvalue weighted by molar-refractivity contribution is 7.17. The number of ether oxygens (including phenoxy) is 1. The van der Waals surface area contributed by atoms with Gasteiger partial charge in [-0.15, -0.1) is 11.3 Å². The molecule has 1 aromatic rings. The highest BCUT2D eigenvalue weighted by atomic mass is 32.1. The molecule has 5 N–H and O–H groups in total. The molecule has 1 fully saturated rings. The Balaban J connectivity index is 0.000000530. The van der Waals surface area contributed by atoms with E-state index < -0.39 is 23.9 Å². The lowest BCUT2D eigenvalue weighted by Crippen LogP contribution is -2.45. The van der Waals surface area contributed by atoms with Gasteiger partial charge in [0.05, 0.1) is 12.2 Å². The number of thiophene rings is 1. The van der Waals surface area contributed by atoms with Gasteiger partial charge in [0.1, 0.15) is 5.00 Å². The molecule has 15 heteroatoms. The first-order chi connectivity index (χ1) is 18.4. The number of aryl methyl sites for hydroxylation is 1.